The fraction of sp³-hybridized carbons (Fsp3) is 0.214. The summed E-state index contributed by atoms with van der Waals surface area (Å²) in [4.78, 5) is 19.4. The lowest BCUT2D eigenvalue weighted by atomic mass is 10.1. The highest BCUT2D eigenvalue weighted by atomic mass is 35.5. The molecule has 1 aromatic heterocycles. The van der Waals surface area contributed by atoms with Gasteiger partial charge in [-0.05, 0) is 36.6 Å². The smallest absolute Gasteiger partial charge is 0.225 e. The summed E-state index contributed by atoms with van der Waals surface area (Å²) in [7, 11) is 0. The Balaban J connectivity index is 1.86. The van der Waals surface area contributed by atoms with Gasteiger partial charge in [-0.25, -0.2) is 9.97 Å². The maximum atomic E-state index is 11.7. The van der Waals surface area contributed by atoms with E-state index in [0.717, 1.165) is 5.56 Å². The number of halogens is 1. The lowest BCUT2D eigenvalue weighted by Crippen LogP contribution is -2.13. The van der Waals surface area contributed by atoms with Gasteiger partial charge in [0.05, 0.1) is 0 Å². The summed E-state index contributed by atoms with van der Waals surface area (Å²) in [6, 6.07) is 9.75. The minimum atomic E-state index is -0.0876. The van der Waals surface area contributed by atoms with Gasteiger partial charge in [-0.15, -0.1) is 0 Å². The summed E-state index contributed by atoms with van der Waals surface area (Å²) >= 11 is 5.64. The van der Waals surface area contributed by atoms with E-state index in [0.29, 0.717) is 18.7 Å². The molecule has 5 heteroatoms. The summed E-state index contributed by atoms with van der Waals surface area (Å²) in [5, 5.41) is 2.81. The van der Waals surface area contributed by atoms with Gasteiger partial charge < -0.3 is 5.32 Å². The first-order chi connectivity index (χ1) is 9.13. The van der Waals surface area contributed by atoms with Crippen LogP contribution in [0.3, 0.4) is 0 Å². The van der Waals surface area contributed by atoms with Crippen LogP contribution >= 0.6 is 11.6 Å². The molecule has 2 rings (SSSR count). The average molecular weight is 276 g/mol. The first-order valence-electron chi connectivity index (χ1n) is 5.97. The molecule has 1 aromatic carbocycles. The van der Waals surface area contributed by atoms with Crippen LogP contribution in [0.1, 0.15) is 17.5 Å². The van der Waals surface area contributed by atoms with E-state index in [1.165, 1.54) is 11.8 Å². The molecule has 0 bridgehead atoms. The Hall–Kier alpha value is -1.94. The lowest BCUT2D eigenvalue weighted by molar-refractivity contribution is -0.116. The van der Waals surface area contributed by atoms with Gasteiger partial charge in [-0.3, -0.25) is 4.79 Å². The molecule has 19 heavy (non-hydrogen) atoms. The van der Waals surface area contributed by atoms with Crippen LogP contribution in [0.4, 0.5) is 5.82 Å². The van der Waals surface area contributed by atoms with E-state index >= 15 is 0 Å². The lowest BCUT2D eigenvalue weighted by Gasteiger charge is -2.04. The Bertz CT molecular complexity index is 569. The molecule has 0 saturated heterocycles. The molecule has 0 aliphatic heterocycles. The zero-order valence-electron chi connectivity index (χ0n) is 10.6. The van der Waals surface area contributed by atoms with Gasteiger partial charge in [-0.1, -0.05) is 29.8 Å². The number of aromatic nitrogens is 2. The third-order valence-corrected chi connectivity index (χ3v) is 2.84. The summed E-state index contributed by atoms with van der Waals surface area (Å²) in [6.45, 7) is 2.04. The summed E-state index contributed by atoms with van der Waals surface area (Å²) in [6.07, 6.45) is 2.61. The highest BCUT2D eigenvalue weighted by Crippen LogP contribution is 2.09. The van der Waals surface area contributed by atoms with Crippen molar-refractivity contribution in [1.29, 1.82) is 0 Å². The van der Waals surface area contributed by atoms with Crippen molar-refractivity contribution in [1.82, 2.24) is 9.97 Å². The number of aryl methyl sites for hydroxylation is 2. The van der Waals surface area contributed by atoms with Crippen molar-refractivity contribution in [3.63, 3.8) is 0 Å². The number of rotatable bonds is 4. The molecule has 4 nitrogen and oxygen atoms in total. The quantitative estimate of drug-likeness (QED) is 0.873. The molecule has 0 radical (unpaired) electrons. The van der Waals surface area contributed by atoms with E-state index < -0.39 is 0 Å². The molecule has 0 unspecified atom stereocenters. The number of nitrogens with one attached hydrogen (secondary N) is 1. The van der Waals surface area contributed by atoms with Crippen LogP contribution < -0.4 is 5.32 Å². The predicted octanol–water partition coefficient (Wildman–Crippen LogP) is 3.01. The number of carbonyl (C=O) groups excluding carboxylic acids is 1. The Morgan fingerprint density at radius 3 is 2.68 bits per heavy atom. The highest BCUT2D eigenvalue weighted by molar-refractivity contribution is 6.28. The highest BCUT2D eigenvalue weighted by Gasteiger charge is 2.04. The molecule has 2 aromatic rings. The number of hydrogen-bond donors (Lipinski definition) is 1. The number of hydrogen-bond acceptors (Lipinski definition) is 3. The van der Waals surface area contributed by atoms with Gasteiger partial charge in [0, 0.05) is 12.6 Å². The van der Waals surface area contributed by atoms with Crippen molar-refractivity contribution in [2.45, 2.75) is 19.8 Å². The van der Waals surface area contributed by atoms with Crippen molar-refractivity contribution in [2.24, 2.45) is 0 Å². The maximum Gasteiger partial charge on any atom is 0.225 e. The van der Waals surface area contributed by atoms with Crippen molar-refractivity contribution < 1.29 is 4.79 Å². The van der Waals surface area contributed by atoms with Crippen LogP contribution in [0, 0.1) is 6.92 Å². The van der Waals surface area contributed by atoms with Crippen LogP contribution in [-0.2, 0) is 11.2 Å². The van der Waals surface area contributed by atoms with Crippen molar-refractivity contribution in [2.75, 3.05) is 5.32 Å². The summed E-state index contributed by atoms with van der Waals surface area (Å²) < 4.78 is 0. The number of carbonyl (C=O) groups is 1. The van der Waals surface area contributed by atoms with Gasteiger partial charge in [0.1, 0.15) is 5.82 Å². The molecule has 0 aliphatic carbocycles. The largest absolute Gasteiger partial charge is 0.311 e. The first-order valence-corrected chi connectivity index (χ1v) is 6.35. The van der Waals surface area contributed by atoms with E-state index in [-0.39, 0.29) is 11.2 Å². The number of nitrogens with zero attached hydrogens (tertiary/aromatic N) is 2. The van der Waals surface area contributed by atoms with E-state index in [1.807, 2.05) is 31.2 Å². The number of anilines is 1. The predicted molar refractivity (Wildman–Crippen MR) is 75.2 cm³/mol. The summed E-state index contributed by atoms with van der Waals surface area (Å²) in [5.74, 6) is 0.337. The second kappa shape index (κ2) is 6.29. The molecule has 1 amide bonds. The molecule has 98 valence electrons. The molecule has 1 N–H and O–H groups in total. The molecule has 0 fully saturated rings. The second-order valence-corrected chi connectivity index (χ2v) is 4.58. The van der Waals surface area contributed by atoms with E-state index in [9.17, 15) is 4.79 Å². The Morgan fingerprint density at radius 1 is 1.26 bits per heavy atom. The van der Waals surface area contributed by atoms with Crippen LogP contribution in [0.2, 0.25) is 5.28 Å². The van der Waals surface area contributed by atoms with E-state index in [2.05, 4.69) is 15.3 Å². The maximum absolute atomic E-state index is 11.7. The first kappa shape index (κ1) is 13.5. The van der Waals surface area contributed by atoms with Crippen LogP contribution in [0.5, 0.6) is 0 Å². The minimum absolute atomic E-state index is 0.0876. The number of benzene rings is 1. The second-order valence-electron chi connectivity index (χ2n) is 4.24. The molecule has 0 atom stereocenters. The third kappa shape index (κ3) is 4.34. The topological polar surface area (TPSA) is 54.9 Å². The standard InChI is InChI=1S/C14H14ClN3O/c1-10-2-4-11(5-3-10)6-7-13(19)17-12-8-9-16-14(15)18-12/h2-5,8-9H,6-7H2,1H3,(H,16,17,18,19). The van der Waals surface area contributed by atoms with E-state index in [4.69, 9.17) is 11.6 Å². The average Bonchev–Trinajstić information content (AvgIpc) is 2.38. The molecule has 0 spiro atoms. The van der Waals surface area contributed by atoms with Crippen LogP contribution in [-0.4, -0.2) is 15.9 Å². The van der Waals surface area contributed by atoms with E-state index in [1.54, 1.807) is 6.07 Å². The van der Waals surface area contributed by atoms with Crippen LogP contribution in [0.25, 0.3) is 0 Å². The SMILES string of the molecule is Cc1ccc(CCC(=O)Nc2ccnc(Cl)n2)cc1. The van der Waals surface area contributed by atoms with Gasteiger partial charge in [0.2, 0.25) is 11.2 Å². The Labute approximate surface area is 116 Å². The Morgan fingerprint density at radius 2 is 2.00 bits per heavy atom. The van der Waals surface area contributed by atoms with Gasteiger partial charge in [-0.2, -0.15) is 0 Å². The van der Waals surface area contributed by atoms with Gasteiger partial charge in [0.15, 0.2) is 0 Å². The minimum Gasteiger partial charge on any atom is -0.311 e. The van der Waals surface area contributed by atoms with Gasteiger partial charge in [0.25, 0.3) is 0 Å². The fourth-order valence-corrected chi connectivity index (χ4v) is 1.77. The van der Waals surface area contributed by atoms with Crippen molar-refractivity contribution in [3.8, 4) is 0 Å². The summed E-state index contributed by atoms with van der Waals surface area (Å²) in [5.41, 5.74) is 2.35. The van der Waals surface area contributed by atoms with Gasteiger partial charge >= 0.3 is 0 Å². The zero-order chi connectivity index (χ0) is 13.7. The number of amides is 1. The monoisotopic (exact) mass is 275 g/mol. The molecular formula is C14H14ClN3O. The molecule has 0 saturated carbocycles. The molecule has 0 aliphatic rings. The zero-order valence-corrected chi connectivity index (χ0v) is 11.3. The third-order valence-electron chi connectivity index (χ3n) is 2.66. The van der Waals surface area contributed by atoms with Crippen molar-refractivity contribution >= 4 is 23.3 Å². The van der Waals surface area contributed by atoms with Crippen molar-refractivity contribution in [3.05, 3.63) is 52.9 Å². The fourth-order valence-electron chi connectivity index (χ4n) is 1.62. The molecular weight excluding hydrogens is 262 g/mol. The van der Waals surface area contributed by atoms with Crippen LogP contribution in [0.15, 0.2) is 36.5 Å². The molecule has 1 heterocycles. The normalized spacial score (nSPS) is 10.2. The Kier molecular flexibility index (Phi) is 4.47.